The average molecular weight is 400 g/mol. The summed E-state index contributed by atoms with van der Waals surface area (Å²) in [6, 6.07) is 5.66. The van der Waals surface area contributed by atoms with Crippen molar-refractivity contribution in [1.82, 2.24) is 19.8 Å². The number of likely N-dealkylation sites (tertiary alicyclic amines) is 1. The maximum absolute atomic E-state index is 13.5. The third-order valence-corrected chi connectivity index (χ3v) is 5.45. The predicted molar refractivity (Wildman–Crippen MR) is 101 cm³/mol. The van der Waals surface area contributed by atoms with Gasteiger partial charge in [0.05, 0.1) is 31.1 Å². The molecule has 0 radical (unpaired) electrons. The molecule has 0 atom stereocenters. The average Bonchev–Trinajstić information content (AvgIpc) is 2.73. The van der Waals surface area contributed by atoms with Crippen LogP contribution in [0.4, 0.5) is 4.39 Å². The zero-order valence-corrected chi connectivity index (χ0v) is 15.8. The lowest BCUT2D eigenvalue weighted by Crippen LogP contribution is -2.58. The van der Waals surface area contributed by atoms with Crippen molar-refractivity contribution in [3.05, 3.63) is 64.1 Å². The molecule has 1 N–H and O–H groups in total. The highest BCUT2D eigenvalue weighted by Gasteiger charge is 2.42. The standard InChI is InChI=1S/C20H21FN4O4/c21-15-3-1-2-14(10-15)18(27)25-8-9-29-20(13-25)4-6-24(7-5-20)19(28)16-11-22-12-17(26)23-16/h1-3,10-12H,4-9,13H2,(H,23,26). The number of halogens is 1. The minimum atomic E-state index is -0.527. The van der Waals surface area contributed by atoms with Gasteiger partial charge < -0.3 is 19.5 Å². The summed E-state index contributed by atoms with van der Waals surface area (Å²) in [5, 5.41) is 0. The Morgan fingerprint density at radius 2 is 1.90 bits per heavy atom. The second-order valence-electron chi connectivity index (χ2n) is 7.37. The third-order valence-electron chi connectivity index (χ3n) is 5.45. The number of rotatable bonds is 2. The predicted octanol–water partition coefficient (Wildman–Crippen LogP) is 1.06. The van der Waals surface area contributed by atoms with Gasteiger partial charge in [0, 0.05) is 25.2 Å². The SMILES string of the molecule is O=C(c1cccc(F)c1)N1CCOC2(CCN(C(=O)c3cncc(=O)[nH]3)CC2)C1. The zero-order valence-electron chi connectivity index (χ0n) is 15.8. The Kier molecular flexibility index (Phi) is 5.14. The molecule has 2 aliphatic heterocycles. The fraction of sp³-hybridized carbons (Fsp3) is 0.400. The largest absolute Gasteiger partial charge is 0.371 e. The van der Waals surface area contributed by atoms with Crippen LogP contribution < -0.4 is 5.56 Å². The fourth-order valence-electron chi connectivity index (χ4n) is 3.90. The van der Waals surface area contributed by atoms with E-state index >= 15 is 0 Å². The molecule has 29 heavy (non-hydrogen) atoms. The molecule has 3 heterocycles. The molecule has 8 nitrogen and oxygen atoms in total. The normalized spacial score (nSPS) is 18.7. The van der Waals surface area contributed by atoms with Crippen molar-refractivity contribution in [3.8, 4) is 0 Å². The van der Waals surface area contributed by atoms with E-state index in [0.29, 0.717) is 51.2 Å². The number of ether oxygens (including phenoxy) is 1. The number of benzene rings is 1. The molecule has 2 saturated heterocycles. The summed E-state index contributed by atoms with van der Waals surface area (Å²) in [5.41, 5.74) is -0.483. The summed E-state index contributed by atoms with van der Waals surface area (Å²) in [6.07, 6.45) is 3.58. The number of H-pyrrole nitrogens is 1. The van der Waals surface area contributed by atoms with E-state index in [1.807, 2.05) is 0 Å². The first-order chi connectivity index (χ1) is 14.0. The van der Waals surface area contributed by atoms with Crippen molar-refractivity contribution in [2.24, 2.45) is 0 Å². The topological polar surface area (TPSA) is 95.6 Å². The first kappa shape index (κ1) is 19.3. The van der Waals surface area contributed by atoms with E-state index in [4.69, 9.17) is 4.74 Å². The highest BCUT2D eigenvalue weighted by Crippen LogP contribution is 2.31. The molecule has 0 bridgehead atoms. The van der Waals surface area contributed by atoms with Gasteiger partial charge in [0.25, 0.3) is 17.4 Å². The Morgan fingerprint density at radius 1 is 1.10 bits per heavy atom. The minimum absolute atomic E-state index is 0.154. The van der Waals surface area contributed by atoms with Crippen molar-refractivity contribution in [2.75, 3.05) is 32.8 Å². The number of carbonyl (C=O) groups excluding carboxylic acids is 2. The van der Waals surface area contributed by atoms with E-state index in [0.717, 1.165) is 6.20 Å². The molecular weight excluding hydrogens is 379 g/mol. The summed E-state index contributed by atoms with van der Waals surface area (Å²) in [7, 11) is 0. The molecule has 1 aromatic carbocycles. The van der Waals surface area contributed by atoms with E-state index in [1.54, 1.807) is 15.9 Å². The lowest BCUT2D eigenvalue weighted by atomic mass is 9.89. The number of nitrogens with one attached hydrogen (secondary N) is 1. The van der Waals surface area contributed by atoms with Crippen molar-refractivity contribution in [1.29, 1.82) is 0 Å². The Labute approximate surface area is 166 Å². The summed E-state index contributed by atoms with van der Waals surface area (Å²) in [5.74, 6) is -0.953. The fourth-order valence-corrected chi connectivity index (χ4v) is 3.90. The number of amides is 2. The van der Waals surface area contributed by atoms with Crippen LogP contribution in [0.5, 0.6) is 0 Å². The van der Waals surface area contributed by atoms with Crippen molar-refractivity contribution >= 4 is 11.8 Å². The number of nitrogens with zero attached hydrogens (tertiary/aromatic N) is 3. The molecule has 9 heteroatoms. The number of hydrogen-bond acceptors (Lipinski definition) is 5. The summed E-state index contributed by atoms with van der Waals surface area (Å²) < 4.78 is 19.5. The summed E-state index contributed by atoms with van der Waals surface area (Å²) >= 11 is 0. The van der Waals surface area contributed by atoms with Crippen LogP contribution in [0.3, 0.4) is 0 Å². The Morgan fingerprint density at radius 3 is 2.62 bits per heavy atom. The van der Waals surface area contributed by atoms with E-state index in [2.05, 4.69) is 9.97 Å². The number of morpholine rings is 1. The van der Waals surface area contributed by atoms with Crippen LogP contribution in [-0.4, -0.2) is 70.0 Å². The van der Waals surface area contributed by atoms with Gasteiger partial charge in [-0.2, -0.15) is 0 Å². The number of hydrogen-bond donors (Lipinski definition) is 1. The number of piperidine rings is 1. The number of carbonyl (C=O) groups is 2. The van der Waals surface area contributed by atoms with Gasteiger partial charge in [0.1, 0.15) is 11.5 Å². The van der Waals surface area contributed by atoms with Gasteiger partial charge in [0.2, 0.25) is 0 Å². The molecule has 0 unspecified atom stereocenters. The smallest absolute Gasteiger partial charge is 0.271 e. The molecule has 1 aromatic heterocycles. The molecule has 1 spiro atoms. The maximum Gasteiger partial charge on any atom is 0.271 e. The molecule has 0 saturated carbocycles. The lowest BCUT2D eigenvalue weighted by molar-refractivity contribution is -0.123. The minimum Gasteiger partial charge on any atom is -0.371 e. The first-order valence-corrected chi connectivity index (χ1v) is 9.48. The number of aromatic nitrogens is 2. The van der Waals surface area contributed by atoms with Gasteiger partial charge in [-0.3, -0.25) is 19.4 Å². The van der Waals surface area contributed by atoms with Gasteiger partial charge in [-0.25, -0.2) is 4.39 Å². The molecule has 4 rings (SSSR count). The maximum atomic E-state index is 13.5. The molecule has 152 valence electrons. The third kappa shape index (κ3) is 4.04. The second kappa shape index (κ2) is 7.75. The monoisotopic (exact) mass is 400 g/mol. The molecular formula is C20H21FN4O4. The summed E-state index contributed by atoms with van der Waals surface area (Å²) in [4.78, 5) is 46.3. The van der Waals surface area contributed by atoms with Crippen LogP contribution in [0.25, 0.3) is 0 Å². The van der Waals surface area contributed by atoms with Gasteiger partial charge in [-0.15, -0.1) is 0 Å². The second-order valence-corrected chi connectivity index (χ2v) is 7.37. The van der Waals surface area contributed by atoms with Crippen LogP contribution in [0.2, 0.25) is 0 Å². The first-order valence-electron chi connectivity index (χ1n) is 9.48. The van der Waals surface area contributed by atoms with E-state index < -0.39 is 17.0 Å². The Balaban J connectivity index is 1.42. The molecule has 2 amide bonds. The Hall–Kier alpha value is -3.07. The van der Waals surface area contributed by atoms with Crippen molar-refractivity contribution < 1.29 is 18.7 Å². The van der Waals surface area contributed by atoms with Gasteiger partial charge in [-0.05, 0) is 31.0 Å². The van der Waals surface area contributed by atoms with Crippen molar-refractivity contribution in [3.63, 3.8) is 0 Å². The van der Waals surface area contributed by atoms with Crippen LogP contribution in [0.15, 0.2) is 41.5 Å². The highest BCUT2D eigenvalue weighted by molar-refractivity contribution is 5.94. The highest BCUT2D eigenvalue weighted by atomic mass is 19.1. The quantitative estimate of drug-likeness (QED) is 0.813. The summed E-state index contributed by atoms with van der Waals surface area (Å²) in [6.45, 7) is 2.12. The van der Waals surface area contributed by atoms with Crippen molar-refractivity contribution in [2.45, 2.75) is 18.4 Å². The van der Waals surface area contributed by atoms with Gasteiger partial charge >= 0.3 is 0 Å². The number of aromatic amines is 1. The molecule has 2 aromatic rings. The van der Waals surface area contributed by atoms with Gasteiger partial charge in [-0.1, -0.05) is 6.07 Å². The van der Waals surface area contributed by atoms with E-state index in [1.165, 1.54) is 24.4 Å². The van der Waals surface area contributed by atoms with E-state index in [9.17, 15) is 18.8 Å². The van der Waals surface area contributed by atoms with Crippen LogP contribution in [0, 0.1) is 5.82 Å². The lowest BCUT2D eigenvalue weighted by Gasteiger charge is -2.47. The Bertz CT molecular complexity index is 984. The zero-order chi connectivity index (χ0) is 20.4. The molecule has 2 fully saturated rings. The molecule has 0 aliphatic carbocycles. The van der Waals surface area contributed by atoms with Gasteiger partial charge in [0.15, 0.2) is 0 Å². The van der Waals surface area contributed by atoms with Crippen LogP contribution in [-0.2, 0) is 4.74 Å². The molecule has 2 aliphatic rings. The van der Waals surface area contributed by atoms with Crippen LogP contribution in [0.1, 0.15) is 33.7 Å². The van der Waals surface area contributed by atoms with Crippen LogP contribution >= 0.6 is 0 Å². The van der Waals surface area contributed by atoms with E-state index in [-0.39, 0.29) is 17.5 Å².